The van der Waals surface area contributed by atoms with Crippen molar-refractivity contribution >= 4 is 29.1 Å². The average molecular weight is 544 g/mol. The van der Waals surface area contributed by atoms with Crippen LogP contribution in [-0.2, 0) is 35.7 Å². The number of hydrogen-bond acceptors (Lipinski definition) is 8. The largest absolute Gasteiger partial charge is 0.459 e. The molecule has 2 atom stereocenters. The van der Waals surface area contributed by atoms with Crippen LogP contribution >= 0.6 is 0 Å². The Labute approximate surface area is 225 Å². The van der Waals surface area contributed by atoms with Crippen molar-refractivity contribution in [1.29, 1.82) is 0 Å². The van der Waals surface area contributed by atoms with Crippen LogP contribution in [0.4, 0.5) is 5.82 Å². The summed E-state index contributed by atoms with van der Waals surface area (Å²) in [5.74, 6) is -0.906. The second-order valence-corrected chi connectivity index (χ2v) is 12.7. The van der Waals surface area contributed by atoms with Gasteiger partial charge in [0.25, 0.3) is 0 Å². The first kappa shape index (κ1) is 28.5. The summed E-state index contributed by atoms with van der Waals surface area (Å²) < 4.78 is 47.8. The molecule has 2 aliphatic heterocycles. The van der Waals surface area contributed by atoms with Crippen molar-refractivity contribution in [2.24, 2.45) is 11.7 Å². The molecule has 2 saturated heterocycles. The summed E-state index contributed by atoms with van der Waals surface area (Å²) in [5, 5.41) is 0. The molecule has 0 aliphatic carbocycles. The predicted octanol–water partition coefficient (Wildman–Crippen LogP) is 2.98. The molecule has 3 heterocycles. The lowest BCUT2D eigenvalue weighted by Crippen LogP contribution is -2.56. The number of carbonyl (C=O) groups excluding carboxylic acids is 1. The molecule has 2 fully saturated rings. The maximum atomic E-state index is 13.3. The van der Waals surface area contributed by atoms with Crippen molar-refractivity contribution in [1.82, 2.24) is 9.29 Å². The lowest BCUT2D eigenvalue weighted by molar-refractivity contribution is -0.152. The summed E-state index contributed by atoms with van der Waals surface area (Å²) in [4.78, 5) is 17.4. The van der Waals surface area contributed by atoms with Gasteiger partial charge in [-0.25, -0.2) is 9.78 Å². The Morgan fingerprint density at radius 3 is 2.42 bits per heavy atom. The molecular formula is C26H37BN4O6S. The fraction of sp³-hybridized carbons (Fsp3) is 0.538. The van der Waals surface area contributed by atoms with Crippen molar-refractivity contribution in [2.75, 3.05) is 17.8 Å². The maximum absolute atomic E-state index is 13.3. The Balaban J connectivity index is 1.46. The van der Waals surface area contributed by atoms with Gasteiger partial charge in [-0.15, -0.1) is 0 Å². The quantitative estimate of drug-likeness (QED) is 0.345. The molecule has 206 valence electrons. The number of esters is 1. The number of nitrogens with zero attached hydrogens (tertiary/aromatic N) is 2. The summed E-state index contributed by atoms with van der Waals surface area (Å²) in [7, 11) is -4.39. The predicted molar refractivity (Wildman–Crippen MR) is 145 cm³/mol. The number of nitrogens with one attached hydrogen (secondary N) is 1. The van der Waals surface area contributed by atoms with Crippen LogP contribution in [0.2, 0.25) is 6.32 Å². The smallest absolute Gasteiger partial charge is 0.457 e. The number of carbonyl (C=O) groups is 1. The van der Waals surface area contributed by atoms with E-state index in [0.29, 0.717) is 19.2 Å². The molecule has 0 spiro atoms. The van der Waals surface area contributed by atoms with Gasteiger partial charge in [-0.2, -0.15) is 12.7 Å². The molecule has 0 radical (unpaired) electrons. The monoisotopic (exact) mass is 544 g/mol. The Morgan fingerprint density at radius 2 is 1.79 bits per heavy atom. The molecule has 1 aromatic heterocycles. The summed E-state index contributed by atoms with van der Waals surface area (Å²) in [6.07, 6.45) is 3.22. The van der Waals surface area contributed by atoms with E-state index in [9.17, 15) is 13.2 Å². The van der Waals surface area contributed by atoms with Gasteiger partial charge in [-0.3, -0.25) is 4.72 Å². The molecule has 3 N–H and O–H groups in total. The van der Waals surface area contributed by atoms with E-state index < -0.39 is 38.8 Å². The minimum absolute atomic E-state index is 0.0538. The second-order valence-electron chi connectivity index (χ2n) is 11.0. The molecule has 10 nitrogen and oxygen atoms in total. The van der Waals surface area contributed by atoms with Crippen LogP contribution < -0.4 is 10.5 Å². The molecule has 0 amide bonds. The van der Waals surface area contributed by atoms with Crippen molar-refractivity contribution < 1.29 is 27.3 Å². The van der Waals surface area contributed by atoms with Crippen molar-refractivity contribution in [3.63, 3.8) is 0 Å². The molecule has 1 aromatic carbocycles. The second kappa shape index (κ2) is 10.9. The van der Waals surface area contributed by atoms with E-state index in [1.807, 2.05) is 58.0 Å². The number of pyridine rings is 1. The Hall–Kier alpha value is -2.51. The van der Waals surface area contributed by atoms with E-state index in [4.69, 9.17) is 19.8 Å². The standard InChI is InChI=1S/C26H37BN4O6S/c1-24(2)25(3,4)37-27(36-24)15-10-13-21-17-31(38(33,34)30-22-14-8-9-16-29-22)19-26(21,28)23(32)35-18-20-11-6-5-7-12-20/h5-9,11-12,14,16,21H,10,13,15,17-19,28H2,1-4H3,(H,29,30)/t21-,26-/m0/s1. The molecule has 2 aliphatic rings. The number of aromatic nitrogens is 1. The first-order valence-corrected chi connectivity index (χ1v) is 14.3. The van der Waals surface area contributed by atoms with Gasteiger partial charge in [0.2, 0.25) is 0 Å². The van der Waals surface area contributed by atoms with Crippen molar-refractivity contribution in [3.05, 3.63) is 60.3 Å². The maximum Gasteiger partial charge on any atom is 0.457 e. The van der Waals surface area contributed by atoms with Gasteiger partial charge in [0.15, 0.2) is 0 Å². The first-order chi connectivity index (χ1) is 17.8. The van der Waals surface area contributed by atoms with Crippen LogP contribution in [-0.4, -0.2) is 60.6 Å². The van der Waals surface area contributed by atoms with E-state index in [-0.39, 0.29) is 32.6 Å². The Kier molecular flexibility index (Phi) is 8.20. The topological polar surface area (TPSA) is 133 Å². The fourth-order valence-electron chi connectivity index (χ4n) is 4.75. The van der Waals surface area contributed by atoms with E-state index in [1.54, 1.807) is 18.2 Å². The Bertz CT molecular complexity index is 1200. The van der Waals surface area contributed by atoms with E-state index >= 15 is 0 Å². The highest BCUT2D eigenvalue weighted by atomic mass is 32.2. The summed E-state index contributed by atoms with van der Waals surface area (Å²) in [6, 6.07) is 14.2. The lowest BCUT2D eigenvalue weighted by Gasteiger charge is -2.32. The highest BCUT2D eigenvalue weighted by Crippen LogP contribution is 2.39. The molecule has 4 rings (SSSR count). The molecule has 0 saturated carbocycles. The first-order valence-electron chi connectivity index (χ1n) is 12.9. The fourth-order valence-corrected chi connectivity index (χ4v) is 6.02. The molecular weight excluding hydrogens is 507 g/mol. The molecule has 12 heteroatoms. The highest BCUT2D eigenvalue weighted by molar-refractivity contribution is 7.90. The van der Waals surface area contributed by atoms with Crippen LogP contribution in [0.5, 0.6) is 0 Å². The number of benzene rings is 1. The molecule has 38 heavy (non-hydrogen) atoms. The zero-order valence-corrected chi connectivity index (χ0v) is 23.2. The number of ether oxygens (including phenoxy) is 1. The van der Waals surface area contributed by atoms with Crippen LogP contribution in [0.15, 0.2) is 54.7 Å². The minimum atomic E-state index is -4.01. The van der Waals surface area contributed by atoms with E-state index in [1.165, 1.54) is 10.5 Å². The summed E-state index contributed by atoms with van der Waals surface area (Å²) >= 11 is 0. The van der Waals surface area contributed by atoms with Gasteiger partial charge in [-0.05, 0) is 58.1 Å². The van der Waals surface area contributed by atoms with Gasteiger partial charge in [0, 0.05) is 25.2 Å². The van der Waals surface area contributed by atoms with Gasteiger partial charge in [0.1, 0.15) is 18.0 Å². The third-order valence-electron chi connectivity index (χ3n) is 7.72. The van der Waals surface area contributed by atoms with Crippen molar-refractivity contribution in [2.45, 2.75) is 70.2 Å². The number of rotatable bonds is 10. The number of anilines is 1. The Morgan fingerprint density at radius 1 is 1.13 bits per heavy atom. The molecule has 2 aromatic rings. The average Bonchev–Trinajstić information content (AvgIpc) is 3.31. The summed E-state index contributed by atoms with van der Waals surface area (Å²) in [5.41, 5.74) is 5.12. The normalized spacial score (nSPS) is 24.9. The van der Waals surface area contributed by atoms with Crippen molar-refractivity contribution in [3.8, 4) is 0 Å². The highest BCUT2D eigenvalue weighted by Gasteiger charge is 2.54. The molecule has 0 bridgehead atoms. The van der Waals surface area contributed by atoms with Gasteiger partial charge in [-0.1, -0.05) is 42.8 Å². The molecule has 0 unspecified atom stereocenters. The SMILES string of the molecule is CC1(C)OB(CCC[C@H]2CN(S(=O)(=O)Nc3ccccn3)C[C@@]2(N)C(=O)OCc2ccccc2)OC1(C)C. The van der Waals surface area contributed by atoms with Gasteiger partial charge in [0.05, 0.1) is 11.2 Å². The van der Waals surface area contributed by atoms with Gasteiger partial charge < -0.3 is 19.8 Å². The van der Waals surface area contributed by atoms with E-state index in [0.717, 1.165) is 5.56 Å². The zero-order valence-electron chi connectivity index (χ0n) is 22.4. The lowest BCUT2D eigenvalue weighted by atomic mass is 9.78. The number of nitrogens with two attached hydrogens (primary N) is 1. The minimum Gasteiger partial charge on any atom is -0.459 e. The van der Waals surface area contributed by atoms with Gasteiger partial charge >= 0.3 is 23.3 Å². The number of hydrogen-bond donors (Lipinski definition) is 2. The van der Waals surface area contributed by atoms with Crippen LogP contribution in [0.1, 0.15) is 46.1 Å². The summed E-state index contributed by atoms with van der Waals surface area (Å²) in [6.45, 7) is 7.90. The van der Waals surface area contributed by atoms with Crippen LogP contribution in [0, 0.1) is 5.92 Å². The van der Waals surface area contributed by atoms with Crippen LogP contribution in [0.25, 0.3) is 0 Å². The zero-order chi connectivity index (χ0) is 27.6. The van der Waals surface area contributed by atoms with Crippen LogP contribution in [0.3, 0.4) is 0 Å². The third-order valence-corrected chi connectivity index (χ3v) is 9.14. The van der Waals surface area contributed by atoms with E-state index in [2.05, 4.69) is 9.71 Å². The third kappa shape index (κ3) is 6.21.